The zero-order valence-corrected chi connectivity index (χ0v) is 11.8. The molecule has 0 atom stereocenters. The highest BCUT2D eigenvalue weighted by Gasteiger charge is 2.07. The first-order valence-corrected chi connectivity index (χ1v) is 6.67. The van der Waals surface area contributed by atoms with Gasteiger partial charge in [-0.1, -0.05) is 35.9 Å². The predicted molar refractivity (Wildman–Crippen MR) is 80.1 cm³/mol. The highest BCUT2D eigenvalue weighted by Crippen LogP contribution is 2.13. The van der Waals surface area contributed by atoms with Gasteiger partial charge >= 0.3 is 0 Å². The molecule has 0 heterocycles. The fraction of sp³-hybridized carbons (Fsp3) is 0.133. The monoisotopic (exact) mass is 304 g/mol. The predicted octanol–water partition coefficient (Wildman–Crippen LogP) is 3.11. The van der Waals surface area contributed by atoms with E-state index < -0.39 is 4.92 Å². The molecule has 5 nitrogen and oxygen atoms in total. The Balaban J connectivity index is 1.88. The van der Waals surface area contributed by atoms with E-state index in [1.807, 2.05) is 12.1 Å². The van der Waals surface area contributed by atoms with E-state index in [0.717, 1.165) is 11.1 Å². The van der Waals surface area contributed by atoms with Gasteiger partial charge in [0.1, 0.15) is 0 Å². The summed E-state index contributed by atoms with van der Waals surface area (Å²) in [4.78, 5) is 21.9. The van der Waals surface area contributed by atoms with E-state index in [-0.39, 0.29) is 18.0 Å². The molecular weight excluding hydrogens is 292 g/mol. The number of nitrogens with zero attached hydrogens (tertiary/aromatic N) is 1. The van der Waals surface area contributed by atoms with Crippen LogP contribution in [-0.4, -0.2) is 10.8 Å². The van der Waals surface area contributed by atoms with Crippen LogP contribution in [0.4, 0.5) is 5.69 Å². The molecule has 0 aliphatic rings. The maximum atomic E-state index is 11.8. The maximum Gasteiger partial charge on any atom is 0.269 e. The number of hydrogen-bond acceptors (Lipinski definition) is 3. The van der Waals surface area contributed by atoms with Gasteiger partial charge in [-0.05, 0) is 23.3 Å². The van der Waals surface area contributed by atoms with Crippen LogP contribution in [0.2, 0.25) is 5.02 Å². The topological polar surface area (TPSA) is 72.2 Å². The molecule has 21 heavy (non-hydrogen) atoms. The summed E-state index contributed by atoms with van der Waals surface area (Å²) in [7, 11) is 0. The molecule has 0 unspecified atom stereocenters. The third-order valence-electron chi connectivity index (χ3n) is 2.89. The van der Waals surface area contributed by atoms with Crippen molar-refractivity contribution >= 4 is 23.2 Å². The Hall–Kier alpha value is -2.40. The minimum Gasteiger partial charge on any atom is -0.352 e. The van der Waals surface area contributed by atoms with Crippen molar-refractivity contribution in [1.29, 1.82) is 0 Å². The van der Waals surface area contributed by atoms with E-state index in [2.05, 4.69) is 5.32 Å². The van der Waals surface area contributed by atoms with Gasteiger partial charge in [-0.15, -0.1) is 0 Å². The molecule has 0 saturated heterocycles. The van der Waals surface area contributed by atoms with Crippen molar-refractivity contribution in [1.82, 2.24) is 5.32 Å². The van der Waals surface area contributed by atoms with Crippen LogP contribution in [0.1, 0.15) is 11.1 Å². The standard InChI is InChI=1S/C15H13ClN2O3/c16-13-3-1-2-12(8-13)10-17-15(19)9-11-4-6-14(7-5-11)18(20)21/h1-8H,9-10H2,(H,17,19). The van der Waals surface area contributed by atoms with Gasteiger partial charge in [0.25, 0.3) is 5.69 Å². The lowest BCUT2D eigenvalue weighted by molar-refractivity contribution is -0.384. The molecule has 0 aromatic heterocycles. The van der Waals surface area contributed by atoms with Crippen molar-refractivity contribution in [2.45, 2.75) is 13.0 Å². The van der Waals surface area contributed by atoms with Crippen molar-refractivity contribution in [3.63, 3.8) is 0 Å². The molecule has 2 rings (SSSR count). The molecule has 0 aliphatic carbocycles. The molecule has 0 radical (unpaired) electrons. The molecule has 2 aromatic carbocycles. The first-order chi connectivity index (χ1) is 10.0. The van der Waals surface area contributed by atoms with E-state index in [4.69, 9.17) is 11.6 Å². The Morgan fingerprint density at radius 2 is 1.86 bits per heavy atom. The highest BCUT2D eigenvalue weighted by molar-refractivity contribution is 6.30. The van der Waals surface area contributed by atoms with Gasteiger partial charge in [-0.2, -0.15) is 0 Å². The number of nitro groups is 1. The van der Waals surface area contributed by atoms with E-state index >= 15 is 0 Å². The van der Waals surface area contributed by atoms with Crippen molar-refractivity contribution in [3.8, 4) is 0 Å². The fourth-order valence-corrected chi connectivity index (χ4v) is 2.04. The summed E-state index contributed by atoms with van der Waals surface area (Å²) in [5.41, 5.74) is 1.65. The summed E-state index contributed by atoms with van der Waals surface area (Å²) in [6.45, 7) is 0.395. The van der Waals surface area contributed by atoms with Gasteiger partial charge in [0.2, 0.25) is 5.91 Å². The molecule has 1 N–H and O–H groups in total. The van der Waals surface area contributed by atoms with Crippen molar-refractivity contribution in [2.24, 2.45) is 0 Å². The lowest BCUT2D eigenvalue weighted by Crippen LogP contribution is -2.24. The number of hydrogen-bond donors (Lipinski definition) is 1. The Bertz CT molecular complexity index is 656. The lowest BCUT2D eigenvalue weighted by Gasteiger charge is -2.06. The van der Waals surface area contributed by atoms with Crippen molar-refractivity contribution < 1.29 is 9.72 Å². The van der Waals surface area contributed by atoms with Crippen LogP contribution < -0.4 is 5.32 Å². The summed E-state index contributed by atoms with van der Waals surface area (Å²) in [5.74, 6) is -0.149. The number of rotatable bonds is 5. The van der Waals surface area contributed by atoms with Crippen LogP contribution in [0.15, 0.2) is 48.5 Å². The largest absolute Gasteiger partial charge is 0.352 e. The Kier molecular flexibility index (Phi) is 4.90. The lowest BCUT2D eigenvalue weighted by atomic mass is 10.1. The Labute approximate surface area is 126 Å². The summed E-state index contributed by atoms with van der Waals surface area (Å²) >= 11 is 5.86. The zero-order valence-electron chi connectivity index (χ0n) is 11.1. The van der Waals surface area contributed by atoms with Crippen LogP contribution in [0.5, 0.6) is 0 Å². The number of benzene rings is 2. The number of carbonyl (C=O) groups is 1. The average molecular weight is 305 g/mol. The van der Waals surface area contributed by atoms with Crippen molar-refractivity contribution in [3.05, 3.63) is 74.8 Å². The smallest absolute Gasteiger partial charge is 0.269 e. The van der Waals surface area contributed by atoms with Gasteiger partial charge in [-0.3, -0.25) is 14.9 Å². The van der Waals surface area contributed by atoms with Crippen LogP contribution in [0.25, 0.3) is 0 Å². The first kappa shape index (κ1) is 15.0. The first-order valence-electron chi connectivity index (χ1n) is 6.29. The number of halogens is 1. The molecule has 0 aliphatic heterocycles. The van der Waals surface area contributed by atoms with E-state index in [0.29, 0.717) is 11.6 Å². The van der Waals surface area contributed by atoms with Crippen LogP contribution in [-0.2, 0) is 17.8 Å². The van der Waals surface area contributed by atoms with E-state index in [1.54, 1.807) is 24.3 Å². The van der Waals surface area contributed by atoms with Gasteiger partial charge in [0.05, 0.1) is 11.3 Å². The highest BCUT2D eigenvalue weighted by atomic mass is 35.5. The fourth-order valence-electron chi connectivity index (χ4n) is 1.83. The SMILES string of the molecule is O=C(Cc1ccc([N+](=O)[O-])cc1)NCc1cccc(Cl)c1. The number of amides is 1. The van der Waals surface area contributed by atoms with E-state index in [9.17, 15) is 14.9 Å². The Morgan fingerprint density at radius 1 is 1.14 bits per heavy atom. The quantitative estimate of drug-likeness (QED) is 0.681. The van der Waals surface area contributed by atoms with Gasteiger partial charge < -0.3 is 5.32 Å². The number of nitro benzene ring substituents is 1. The second-order valence-corrected chi connectivity index (χ2v) is 4.94. The number of non-ortho nitro benzene ring substituents is 1. The molecule has 108 valence electrons. The molecule has 2 aromatic rings. The molecule has 0 spiro atoms. The minimum atomic E-state index is -0.469. The van der Waals surface area contributed by atoms with Gasteiger partial charge in [-0.25, -0.2) is 0 Å². The average Bonchev–Trinajstić information content (AvgIpc) is 2.46. The summed E-state index contributed by atoms with van der Waals surface area (Å²) < 4.78 is 0. The second kappa shape index (κ2) is 6.85. The molecule has 6 heteroatoms. The molecule has 0 bridgehead atoms. The van der Waals surface area contributed by atoms with Crippen LogP contribution in [0, 0.1) is 10.1 Å². The molecule has 1 amide bonds. The van der Waals surface area contributed by atoms with Gasteiger partial charge in [0.15, 0.2) is 0 Å². The number of nitrogens with one attached hydrogen (secondary N) is 1. The third kappa shape index (κ3) is 4.57. The van der Waals surface area contributed by atoms with Crippen molar-refractivity contribution in [2.75, 3.05) is 0 Å². The normalized spacial score (nSPS) is 10.1. The number of carbonyl (C=O) groups excluding carboxylic acids is 1. The summed E-state index contributed by atoms with van der Waals surface area (Å²) in [5, 5.41) is 13.9. The molecular formula is C15H13ClN2O3. The third-order valence-corrected chi connectivity index (χ3v) is 3.13. The molecule has 0 saturated carbocycles. The minimum absolute atomic E-state index is 0.0121. The van der Waals surface area contributed by atoms with E-state index in [1.165, 1.54) is 12.1 Å². The second-order valence-electron chi connectivity index (χ2n) is 4.51. The molecule has 0 fully saturated rings. The van der Waals surface area contributed by atoms with Gasteiger partial charge in [0, 0.05) is 23.7 Å². The maximum absolute atomic E-state index is 11.8. The van der Waals surface area contributed by atoms with Crippen LogP contribution in [0.3, 0.4) is 0 Å². The zero-order chi connectivity index (χ0) is 15.2. The van der Waals surface area contributed by atoms with Crippen LogP contribution >= 0.6 is 11.6 Å². The summed E-state index contributed by atoms with van der Waals surface area (Å²) in [6.07, 6.45) is 0.179. The summed E-state index contributed by atoms with van der Waals surface area (Å²) in [6, 6.07) is 13.2. The Morgan fingerprint density at radius 3 is 2.48 bits per heavy atom.